The molecule has 1 saturated carbocycles. The minimum atomic E-state index is -0.332. The lowest BCUT2D eigenvalue weighted by molar-refractivity contribution is -0.0192. The van der Waals surface area contributed by atoms with E-state index in [1.807, 2.05) is 41.5 Å². The molecule has 2 N–H and O–H groups in total. The SMILES string of the molecule is COc1cc(C(=O)N2CC(OC)C2)ccc1Nc1cc2cc(-c3cnn(C4CCCC4O)c3)ccc2cn1. The Balaban J connectivity index is 1.22. The van der Waals surface area contributed by atoms with Crippen molar-refractivity contribution in [2.75, 3.05) is 32.6 Å². The van der Waals surface area contributed by atoms with Gasteiger partial charge in [-0.05, 0) is 60.5 Å². The highest BCUT2D eigenvalue weighted by Crippen LogP contribution is 2.33. The molecule has 4 aromatic rings. The largest absolute Gasteiger partial charge is 0.495 e. The number of aliphatic hydroxyl groups excluding tert-OH is 1. The first-order valence-electron chi connectivity index (χ1n) is 12.9. The number of hydrogen-bond donors (Lipinski definition) is 2. The number of likely N-dealkylation sites (tertiary alicyclic amines) is 1. The number of carbonyl (C=O) groups is 1. The van der Waals surface area contributed by atoms with Crippen LogP contribution in [0.5, 0.6) is 5.75 Å². The van der Waals surface area contributed by atoms with E-state index in [4.69, 9.17) is 9.47 Å². The van der Waals surface area contributed by atoms with E-state index in [0.717, 1.165) is 46.8 Å². The minimum Gasteiger partial charge on any atom is -0.495 e. The molecule has 9 heteroatoms. The highest BCUT2D eigenvalue weighted by molar-refractivity contribution is 5.96. The zero-order chi connectivity index (χ0) is 26.2. The lowest BCUT2D eigenvalue weighted by atomic mass is 10.0. The lowest BCUT2D eigenvalue weighted by Crippen LogP contribution is -2.54. The number of nitrogens with one attached hydrogen (secondary N) is 1. The van der Waals surface area contributed by atoms with E-state index in [1.165, 1.54) is 0 Å². The van der Waals surface area contributed by atoms with Gasteiger partial charge in [-0.3, -0.25) is 9.48 Å². The summed E-state index contributed by atoms with van der Waals surface area (Å²) in [4.78, 5) is 19.1. The molecule has 196 valence electrons. The Morgan fingerprint density at radius 2 is 1.89 bits per heavy atom. The van der Waals surface area contributed by atoms with Crippen LogP contribution in [0, 0.1) is 0 Å². The summed E-state index contributed by atoms with van der Waals surface area (Å²) in [6.45, 7) is 1.20. The number of nitrogens with zero attached hydrogens (tertiary/aromatic N) is 4. The predicted molar refractivity (Wildman–Crippen MR) is 145 cm³/mol. The van der Waals surface area contributed by atoms with Crippen molar-refractivity contribution >= 4 is 28.2 Å². The van der Waals surface area contributed by atoms with E-state index < -0.39 is 0 Å². The summed E-state index contributed by atoms with van der Waals surface area (Å²) in [5.74, 6) is 1.20. The van der Waals surface area contributed by atoms with Gasteiger partial charge in [-0.25, -0.2) is 4.98 Å². The molecule has 2 aromatic carbocycles. The molecular formula is C29H31N5O4. The van der Waals surface area contributed by atoms with E-state index in [1.54, 1.807) is 31.3 Å². The Morgan fingerprint density at radius 1 is 1.03 bits per heavy atom. The third-order valence-corrected chi connectivity index (χ3v) is 7.62. The van der Waals surface area contributed by atoms with Crippen molar-refractivity contribution in [3.63, 3.8) is 0 Å². The number of carbonyl (C=O) groups excluding carboxylic acids is 1. The lowest BCUT2D eigenvalue weighted by Gasteiger charge is -2.38. The monoisotopic (exact) mass is 513 g/mol. The Morgan fingerprint density at radius 3 is 2.66 bits per heavy atom. The fourth-order valence-corrected chi connectivity index (χ4v) is 5.29. The van der Waals surface area contributed by atoms with Gasteiger partial charge in [0.2, 0.25) is 0 Å². The maximum atomic E-state index is 12.8. The van der Waals surface area contributed by atoms with Gasteiger partial charge in [-0.1, -0.05) is 12.1 Å². The smallest absolute Gasteiger partial charge is 0.254 e. The van der Waals surface area contributed by atoms with Crippen molar-refractivity contribution in [1.82, 2.24) is 19.7 Å². The molecule has 3 heterocycles. The highest BCUT2D eigenvalue weighted by Gasteiger charge is 2.31. The average Bonchev–Trinajstić information content (AvgIpc) is 3.57. The number of fused-ring (bicyclic) bond motifs is 1. The highest BCUT2D eigenvalue weighted by atomic mass is 16.5. The van der Waals surface area contributed by atoms with Gasteiger partial charge in [0.15, 0.2) is 0 Å². The fourth-order valence-electron chi connectivity index (χ4n) is 5.29. The number of pyridine rings is 1. The number of methoxy groups -OCH3 is 2. The second kappa shape index (κ2) is 10.1. The Bertz CT molecular complexity index is 1480. The molecule has 2 aromatic heterocycles. The standard InChI is InChI=1S/C29H31N5O4/c1-37-23-16-33(17-23)29(36)19-8-9-24(27(11-19)38-2)32-28-12-21-10-18(6-7-20(21)13-30-28)22-14-31-34(15-22)25-4-3-5-26(25)35/h6-15,23,25-26,35H,3-5,16-17H2,1-2H3,(H,30,32). The predicted octanol–water partition coefficient (Wildman–Crippen LogP) is 4.41. The quantitative estimate of drug-likeness (QED) is 0.378. The van der Waals surface area contributed by atoms with Gasteiger partial charge >= 0.3 is 0 Å². The first-order valence-corrected chi connectivity index (χ1v) is 12.9. The molecular weight excluding hydrogens is 482 g/mol. The van der Waals surface area contributed by atoms with Gasteiger partial charge in [0.25, 0.3) is 5.91 Å². The molecule has 1 aliphatic carbocycles. The van der Waals surface area contributed by atoms with Crippen LogP contribution in [0.3, 0.4) is 0 Å². The van der Waals surface area contributed by atoms with Crippen LogP contribution < -0.4 is 10.1 Å². The average molecular weight is 514 g/mol. The fraction of sp³-hybridized carbons (Fsp3) is 0.345. The zero-order valence-corrected chi connectivity index (χ0v) is 21.5. The number of amides is 1. The molecule has 1 aliphatic heterocycles. The number of anilines is 2. The summed E-state index contributed by atoms with van der Waals surface area (Å²) in [5, 5.41) is 20.2. The van der Waals surface area contributed by atoms with Crippen LogP contribution in [0.1, 0.15) is 35.7 Å². The van der Waals surface area contributed by atoms with Crippen molar-refractivity contribution in [3.05, 3.63) is 66.6 Å². The Hall–Kier alpha value is -3.95. The van der Waals surface area contributed by atoms with Crippen LogP contribution in [-0.4, -0.2) is 70.2 Å². The van der Waals surface area contributed by atoms with Gasteiger partial charge < -0.3 is 24.8 Å². The first kappa shape index (κ1) is 24.4. The molecule has 38 heavy (non-hydrogen) atoms. The van der Waals surface area contributed by atoms with Crippen LogP contribution in [-0.2, 0) is 4.74 Å². The summed E-state index contributed by atoms with van der Waals surface area (Å²) >= 11 is 0. The van der Waals surface area contributed by atoms with Gasteiger partial charge in [0.05, 0.1) is 37.2 Å². The van der Waals surface area contributed by atoms with Gasteiger partial charge in [-0.2, -0.15) is 5.10 Å². The van der Waals surface area contributed by atoms with Crippen molar-refractivity contribution in [2.24, 2.45) is 0 Å². The van der Waals surface area contributed by atoms with Crippen molar-refractivity contribution in [1.29, 1.82) is 0 Å². The molecule has 2 aliphatic rings. The summed E-state index contributed by atoms with van der Waals surface area (Å²) < 4.78 is 12.8. The number of ether oxygens (including phenoxy) is 2. The van der Waals surface area contributed by atoms with Crippen LogP contribution in [0.15, 0.2) is 61.1 Å². The molecule has 9 nitrogen and oxygen atoms in total. The number of benzene rings is 2. The van der Waals surface area contributed by atoms with Crippen LogP contribution in [0.25, 0.3) is 21.9 Å². The van der Waals surface area contributed by atoms with Crippen molar-refractivity contribution in [2.45, 2.75) is 37.5 Å². The molecule has 0 bridgehead atoms. The van der Waals surface area contributed by atoms with Gasteiger partial charge in [0, 0.05) is 49.1 Å². The van der Waals surface area contributed by atoms with Crippen LogP contribution >= 0.6 is 0 Å². The molecule has 0 radical (unpaired) electrons. The number of rotatable bonds is 7. The van der Waals surface area contributed by atoms with Crippen LogP contribution in [0.2, 0.25) is 0 Å². The summed E-state index contributed by atoms with van der Waals surface area (Å²) in [5.41, 5.74) is 3.36. The maximum absolute atomic E-state index is 12.8. The molecule has 2 unspecified atom stereocenters. The Labute approximate surface area is 221 Å². The number of aromatic nitrogens is 3. The molecule has 2 atom stereocenters. The number of aliphatic hydroxyl groups is 1. The summed E-state index contributed by atoms with van der Waals surface area (Å²) in [7, 11) is 3.25. The normalized spacial score (nSPS) is 19.5. The maximum Gasteiger partial charge on any atom is 0.254 e. The zero-order valence-electron chi connectivity index (χ0n) is 21.5. The van der Waals surface area contributed by atoms with E-state index in [-0.39, 0.29) is 24.2 Å². The summed E-state index contributed by atoms with van der Waals surface area (Å²) in [6.07, 6.45) is 8.29. The first-order chi connectivity index (χ1) is 18.5. The topological polar surface area (TPSA) is 102 Å². The van der Waals surface area contributed by atoms with Crippen molar-refractivity contribution < 1.29 is 19.4 Å². The van der Waals surface area contributed by atoms with Gasteiger partial charge in [-0.15, -0.1) is 0 Å². The van der Waals surface area contributed by atoms with E-state index in [0.29, 0.717) is 30.2 Å². The number of hydrogen-bond acceptors (Lipinski definition) is 7. The van der Waals surface area contributed by atoms with E-state index in [9.17, 15) is 9.90 Å². The van der Waals surface area contributed by atoms with Crippen LogP contribution in [0.4, 0.5) is 11.5 Å². The molecule has 1 amide bonds. The Kier molecular flexibility index (Phi) is 6.47. The van der Waals surface area contributed by atoms with Crippen molar-refractivity contribution in [3.8, 4) is 16.9 Å². The summed E-state index contributed by atoms with van der Waals surface area (Å²) in [6, 6.07) is 13.7. The second-order valence-electron chi connectivity index (χ2n) is 10.0. The second-order valence-corrected chi connectivity index (χ2v) is 10.0. The molecule has 2 fully saturated rings. The third-order valence-electron chi connectivity index (χ3n) is 7.62. The van der Waals surface area contributed by atoms with E-state index in [2.05, 4.69) is 27.5 Å². The molecule has 6 rings (SSSR count). The minimum absolute atomic E-state index is 0.0368. The third kappa shape index (κ3) is 4.59. The molecule has 1 saturated heterocycles. The van der Waals surface area contributed by atoms with E-state index >= 15 is 0 Å². The van der Waals surface area contributed by atoms with Gasteiger partial charge in [0.1, 0.15) is 11.6 Å². The molecule has 0 spiro atoms.